The Hall–Kier alpha value is -2.42. The van der Waals surface area contributed by atoms with Gasteiger partial charge >= 0.3 is 12.1 Å². The average molecular weight is 499 g/mol. The van der Waals surface area contributed by atoms with Gasteiger partial charge in [-0.3, -0.25) is 14.4 Å². The maximum Gasteiger partial charge on any atom is 0.408 e. The third-order valence-electron chi connectivity index (χ3n) is 4.06. The van der Waals surface area contributed by atoms with Crippen LogP contribution in [0.3, 0.4) is 0 Å². The molecule has 1 rings (SSSR count). The van der Waals surface area contributed by atoms with Gasteiger partial charge in [0.2, 0.25) is 5.91 Å². The summed E-state index contributed by atoms with van der Waals surface area (Å²) >= 11 is 3.06. The van der Waals surface area contributed by atoms with Gasteiger partial charge in [-0.2, -0.15) is 0 Å². The number of alkyl carbamates (subject to hydrolysis) is 1. The number of amides is 2. The smallest absolute Gasteiger partial charge is 0.408 e. The van der Waals surface area contributed by atoms with Crippen molar-refractivity contribution in [3.63, 3.8) is 0 Å². The number of esters is 1. The summed E-state index contributed by atoms with van der Waals surface area (Å²) in [6.07, 6.45) is -1.07. The van der Waals surface area contributed by atoms with E-state index in [1.54, 1.807) is 34.6 Å². The minimum absolute atomic E-state index is 0.0420. The molecule has 1 aromatic rings. The SMILES string of the molecule is CC(C)[C@H](NC(=O)OCc1ccccc1)C(=O)N[C@@H](CC(=O)OC(C)(C)C)C(=O)CBr. The van der Waals surface area contributed by atoms with Gasteiger partial charge < -0.3 is 20.1 Å². The predicted octanol–water partition coefficient (Wildman–Crippen LogP) is 3.12. The summed E-state index contributed by atoms with van der Waals surface area (Å²) in [5.74, 6) is -1.86. The van der Waals surface area contributed by atoms with E-state index in [1.165, 1.54) is 0 Å². The number of benzene rings is 1. The fourth-order valence-electron chi connectivity index (χ4n) is 2.58. The van der Waals surface area contributed by atoms with Crippen molar-refractivity contribution < 1.29 is 28.7 Å². The number of nitrogens with one attached hydrogen (secondary N) is 2. The molecule has 31 heavy (non-hydrogen) atoms. The van der Waals surface area contributed by atoms with Crippen LogP contribution in [0, 0.1) is 5.92 Å². The lowest BCUT2D eigenvalue weighted by atomic mass is 10.0. The highest BCUT2D eigenvalue weighted by Gasteiger charge is 2.31. The van der Waals surface area contributed by atoms with E-state index < -0.39 is 35.7 Å². The Balaban J connectivity index is 2.76. The van der Waals surface area contributed by atoms with Crippen LogP contribution >= 0.6 is 15.9 Å². The van der Waals surface area contributed by atoms with Gasteiger partial charge in [0, 0.05) is 0 Å². The highest BCUT2D eigenvalue weighted by molar-refractivity contribution is 9.09. The average Bonchev–Trinajstić information content (AvgIpc) is 2.68. The number of carbonyl (C=O) groups excluding carboxylic acids is 4. The molecule has 0 radical (unpaired) electrons. The van der Waals surface area contributed by atoms with Crippen LogP contribution in [0.1, 0.15) is 46.6 Å². The van der Waals surface area contributed by atoms with E-state index in [4.69, 9.17) is 9.47 Å². The number of hydrogen-bond acceptors (Lipinski definition) is 6. The first-order valence-corrected chi connectivity index (χ1v) is 11.1. The van der Waals surface area contributed by atoms with Crippen LogP contribution in [0.5, 0.6) is 0 Å². The summed E-state index contributed by atoms with van der Waals surface area (Å²) < 4.78 is 10.4. The fourth-order valence-corrected chi connectivity index (χ4v) is 2.97. The van der Waals surface area contributed by atoms with Crippen LogP contribution in [0.4, 0.5) is 4.79 Å². The Morgan fingerprint density at radius 3 is 2.16 bits per heavy atom. The molecule has 0 fully saturated rings. The maximum absolute atomic E-state index is 12.8. The molecule has 0 aliphatic rings. The Morgan fingerprint density at radius 1 is 1.03 bits per heavy atom. The lowest BCUT2D eigenvalue weighted by Gasteiger charge is -2.25. The summed E-state index contributed by atoms with van der Waals surface area (Å²) in [5, 5.41) is 5.04. The number of ether oxygens (including phenoxy) is 2. The molecular weight excluding hydrogens is 468 g/mol. The van der Waals surface area contributed by atoms with Crippen LogP contribution in [0.25, 0.3) is 0 Å². The third-order valence-corrected chi connectivity index (χ3v) is 4.62. The predicted molar refractivity (Wildman–Crippen MR) is 120 cm³/mol. The zero-order valence-electron chi connectivity index (χ0n) is 18.6. The first-order chi connectivity index (χ1) is 14.4. The van der Waals surface area contributed by atoms with Crippen LogP contribution < -0.4 is 10.6 Å². The Morgan fingerprint density at radius 2 is 1.65 bits per heavy atom. The van der Waals surface area contributed by atoms with Crippen LogP contribution in [-0.2, 0) is 30.5 Å². The standard InChI is InChI=1S/C22H31BrN2O6/c1-14(2)19(25-21(29)30-13-15-9-7-6-8-10-15)20(28)24-16(17(26)12-23)11-18(27)31-22(3,4)5/h6-10,14,16,19H,11-13H2,1-5H3,(H,24,28)(H,25,29)/t16-,19-/m0/s1. The van der Waals surface area contributed by atoms with E-state index in [9.17, 15) is 19.2 Å². The number of alkyl halides is 1. The minimum atomic E-state index is -1.08. The summed E-state index contributed by atoms with van der Waals surface area (Å²) in [6.45, 7) is 8.69. The van der Waals surface area contributed by atoms with Crippen molar-refractivity contribution in [1.82, 2.24) is 10.6 Å². The Kier molecular flexibility index (Phi) is 10.7. The van der Waals surface area contributed by atoms with Crippen LogP contribution in [0.15, 0.2) is 30.3 Å². The first kappa shape index (κ1) is 26.6. The van der Waals surface area contributed by atoms with Gasteiger partial charge in [-0.05, 0) is 32.3 Å². The van der Waals surface area contributed by atoms with E-state index in [1.807, 2.05) is 30.3 Å². The quantitative estimate of drug-likeness (QED) is 0.378. The highest BCUT2D eigenvalue weighted by Crippen LogP contribution is 2.11. The number of hydrogen-bond donors (Lipinski definition) is 2. The molecule has 1 aromatic carbocycles. The number of carbonyl (C=O) groups is 4. The minimum Gasteiger partial charge on any atom is -0.460 e. The van der Waals surface area contributed by atoms with Crippen molar-refractivity contribution in [2.75, 3.05) is 5.33 Å². The lowest BCUT2D eigenvalue weighted by Crippen LogP contribution is -2.54. The monoisotopic (exact) mass is 498 g/mol. The number of halogens is 1. The lowest BCUT2D eigenvalue weighted by molar-refractivity contribution is -0.156. The fraction of sp³-hybridized carbons (Fsp3) is 0.545. The zero-order chi connectivity index (χ0) is 23.6. The molecule has 8 nitrogen and oxygen atoms in total. The zero-order valence-corrected chi connectivity index (χ0v) is 20.2. The van der Waals surface area contributed by atoms with Crippen molar-refractivity contribution in [2.45, 2.75) is 65.3 Å². The second kappa shape index (κ2) is 12.4. The Labute approximate surface area is 191 Å². The molecule has 9 heteroatoms. The molecule has 0 aliphatic heterocycles. The van der Waals surface area contributed by atoms with Gasteiger partial charge in [0.05, 0.1) is 17.8 Å². The van der Waals surface area contributed by atoms with Crippen LogP contribution in [0.2, 0.25) is 0 Å². The molecule has 2 atom stereocenters. The molecule has 172 valence electrons. The summed E-state index contributed by atoms with van der Waals surface area (Å²) in [4.78, 5) is 49.4. The van der Waals surface area contributed by atoms with Crippen molar-refractivity contribution in [3.05, 3.63) is 35.9 Å². The number of ketones is 1. The van der Waals surface area contributed by atoms with Gasteiger partial charge in [0.25, 0.3) is 0 Å². The molecule has 2 N–H and O–H groups in total. The molecule has 0 saturated heterocycles. The number of rotatable bonds is 10. The Bertz CT molecular complexity index is 761. The van der Waals surface area contributed by atoms with E-state index in [0.29, 0.717) is 0 Å². The van der Waals surface area contributed by atoms with Crippen molar-refractivity contribution in [1.29, 1.82) is 0 Å². The molecule has 0 aromatic heterocycles. The second-order valence-corrected chi connectivity index (χ2v) is 8.94. The summed E-state index contributed by atoms with van der Waals surface area (Å²) in [6, 6.07) is 7.10. The second-order valence-electron chi connectivity index (χ2n) is 8.38. The van der Waals surface area contributed by atoms with Crippen molar-refractivity contribution in [2.24, 2.45) is 5.92 Å². The van der Waals surface area contributed by atoms with Crippen molar-refractivity contribution in [3.8, 4) is 0 Å². The largest absolute Gasteiger partial charge is 0.460 e. The number of Topliss-reactive ketones (excluding diaryl/α,β-unsaturated/α-hetero) is 1. The molecule has 0 aliphatic carbocycles. The van der Waals surface area contributed by atoms with E-state index in [0.717, 1.165) is 5.56 Å². The van der Waals surface area contributed by atoms with E-state index in [2.05, 4.69) is 26.6 Å². The first-order valence-electron chi connectivity index (χ1n) is 10.0. The van der Waals surface area contributed by atoms with E-state index in [-0.39, 0.29) is 30.1 Å². The van der Waals surface area contributed by atoms with Gasteiger partial charge in [0.15, 0.2) is 5.78 Å². The third kappa shape index (κ3) is 10.4. The van der Waals surface area contributed by atoms with Gasteiger partial charge in [-0.15, -0.1) is 0 Å². The molecule has 0 unspecified atom stereocenters. The molecule has 0 bridgehead atoms. The summed E-state index contributed by atoms with van der Waals surface area (Å²) in [5.41, 5.74) is 0.0942. The van der Waals surface area contributed by atoms with Gasteiger partial charge in [-0.1, -0.05) is 60.1 Å². The molecule has 2 amide bonds. The maximum atomic E-state index is 12.8. The van der Waals surface area contributed by atoms with Gasteiger partial charge in [0.1, 0.15) is 18.2 Å². The van der Waals surface area contributed by atoms with Crippen molar-refractivity contribution >= 4 is 39.7 Å². The molecular formula is C22H31BrN2O6. The molecule has 0 heterocycles. The normalized spacial score (nSPS) is 13.1. The van der Waals surface area contributed by atoms with Gasteiger partial charge in [-0.25, -0.2) is 4.79 Å². The topological polar surface area (TPSA) is 111 Å². The highest BCUT2D eigenvalue weighted by atomic mass is 79.9. The van der Waals surface area contributed by atoms with Crippen LogP contribution in [-0.4, -0.2) is 46.8 Å². The summed E-state index contributed by atoms with van der Waals surface area (Å²) in [7, 11) is 0. The molecule has 0 saturated carbocycles. The van der Waals surface area contributed by atoms with E-state index >= 15 is 0 Å². The molecule has 0 spiro atoms.